The van der Waals surface area contributed by atoms with Crippen molar-refractivity contribution in [2.24, 2.45) is 0 Å². The van der Waals surface area contributed by atoms with Gasteiger partial charge in [0, 0.05) is 12.7 Å². The maximum atomic E-state index is 12.6. The summed E-state index contributed by atoms with van der Waals surface area (Å²) in [7, 11) is 1.87. The molecule has 0 aromatic heterocycles. The predicted molar refractivity (Wildman–Crippen MR) is 82.0 cm³/mol. The monoisotopic (exact) mass is 265 g/mol. The number of nitrogens with zero attached hydrogens (tertiary/aromatic N) is 1. The number of carbonyl (C=O) groups excluding carboxylic acids is 1. The molecule has 0 saturated heterocycles. The Kier molecular flexibility index (Phi) is 3.09. The van der Waals surface area contributed by atoms with Crippen LogP contribution in [-0.4, -0.2) is 13.0 Å². The highest BCUT2D eigenvalue weighted by Gasteiger charge is 2.45. The largest absolute Gasteiger partial charge is 0.314 e. The molecule has 1 unspecified atom stereocenters. The molecule has 2 aromatic carbocycles. The number of benzene rings is 2. The van der Waals surface area contributed by atoms with Gasteiger partial charge in [-0.25, -0.2) is 0 Å². The van der Waals surface area contributed by atoms with Crippen molar-refractivity contribution in [1.29, 1.82) is 0 Å². The first-order chi connectivity index (χ1) is 9.63. The van der Waals surface area contributed by atoms with E-state index in [0.717, 1.165) is 24.1 Å². The number of rotatable bonds is 3. The summed E-state index contributed by atoms with van der Waals surface area (Å²) in [6, 6.07) is 18.5. The summed E-state index contributed by atoms with van der Waals surface area (Å²) in [5.74, 6) is 0.203. The summed E-state index contributed by atoms with van der Waals surface area (Å²) in [5.41, 5.74) is 3.09. The number of hydrogen-bond donors (Lipinski definition) is 0. The highest BCUT2D eigenvalue weighted by Crippen LogP contribution is 2.43. The Hall–Kier alpha value is -2.09. The van der Waals surface area contributed by atoms with Crippen molar-refractivity contribution < 1.29 is 4.79 Å². The zero-order chi connectivity index (χ0) is 14.2. The van der Waals surface area contributed by atoms with Gasteiger partial charge >= 0.3 is 0 Å². The van der Waals surface area contributed by atoms with E-state index in [1.165, 1.54) is 5.56 Å². The van der Waals surface area contributed by atoms with Crippen molar-refractivity contribution in [3.8, 4) is 0 Å². The van der Waals surface area contributed by atoms with E-state index in [4.69, 9.17) is 0 Å². The van der Waals surface area contributed by atoms with E-state index in [0.29, 0.717) is 0 Å². The standard InChI is InChI=1S/C18H19NO/c1-18(13-12-14-8-4-3-5-9-14)15-10-6-7-11-16(15)19(2)17(18)20/h3-11H,12-13H2,1-2H3. The van der Waals surface area contributed by atoms with E-state index in [9.17, 15) is 4.79 Å². The van der Waals surface area contributed by atoms with Crippen molar-refractivity contribution in [3.05, 3.63) is 65.7 Å². The third kappa shape index (κ3) is 1.92. The molecule has 0 spiro atoms. The van der Waals surface area contributed by atoms with E-state index in [1.54, 1.807) is 4.90 Å². The molecule has 0 N–H and O–H groups in total. The first-order valence-corrected chi connectivity index (χ1v) is 7.04. The molecule has 0 aliphatic carbocycles. The Morgan fingerprint density at radius 3 is 2.40 bits per heavy atom. The molecule has 2 aromatic rings. The maximum absolute atomic E-state index is 12.6. The molecule has 2 heteroatoms. The van der Waals surface area contributed by atoms with Crippen LogP contribution >= 0.6 is 0 Å². The molecule has 0 bridgehead atoms. The van der Waals surface area contributed by atoms with E-state index in [1.807, 2.05) is 43.4 Å². The third-order valence-electron chi connectivity index (χ3n) is 4.39. The average molecular weight is 265 g/mol. The van der Waals surface area contributed by atoms with Crippen LogP contribution in [0, 0.1) is 0 Å². The molecule has 20 heavy (non-hydrogen) atoms. The first-order valence-electron chi connectivity index (χ1n) is 7.04. The Labute approximate surface area is 120 Å². The van der Waals surface area contributed by atoms with Gasteiger partial charge in [0.05, 0.1) is 5.41 Å². The van der Waals surface area contributed by atoms with E-state index >= 15 is 0 Å². The van der Waals surface area contributed by atoms with Gasteiger partial charge in [0.15, 0.2) is 0 Å². The minimum absolute atomic E-state index is 0.203. The summed E-state index contributed by atoms with van der Waals surface area (Å²) in [6.45, 7) is 2.07. The fourth-order valence-corrected chi connectivity index (χ4v) is 3.11. The number of anilines is 1. The smallest absolute Gasteiger partial charge is 0.237 e. The lowest BCUT2D eigenvalue weighted by atomic mass is 9.79. The zero-order valence-corrected chi connectivity index (χ0v) is 12.0. The summed E-state index contributed by atoms with van der Waals surface area (Å²) in [6.07, 6.45) is 1.77. The van der Waals surface area contributed by atoms with Crippen molar-refractivity contribution in [2.45, 2.75) is 25.2 Å². The van der Waals surface area contributed by atoms with Crippen LogP contribution < -0.4 is 4.90 Å². The SMILES string of the molecule is CN1C(=O)C(C)(CCc2ccccc2)c2ccccc21. The van der Waals surface area contributed by atoms with Crippen LogP contribution in [-0.2, 0) is 16.6 Å². The summed E-state index contributed by atoms with van der Waals surface area (Å²) >= 11 is 0. The van der Waals surface area contributed by atoms with Crippen molar-refractivity contribution >= 4 is 11.6 Å². The fourth-order valence-electron chi connectivity index (χ4n) is 3.11. The van der Waals surface area contributed by atoms with Gasteiger partial charge in [0.25, 0.3) is 0 Å². The van der Waals surface area contributed by atoms with Gasteiger partial charge in [-0.1, -0.05) is 48.5 Å². The molecule has 0 fully saturated rings. The lowest BCUT2D eigenvalue weighted by molar-refractivity contribution is -0.122. The summed E-state index contributed by atoms with van der Waals surface area (Å²) in [4.78, 5) is 14.4. The highest BCUT2D eigenvalue weighted by molar-refractivity contribution is 6.07. The van der Waals surface area contributed by atoms with Crippen LogP contribution in [0.1, 0.15) is 24.5 Å². The van der Waals surface area contributed by atoms with Gasteiger partial charge in [0.1, 0.15) is 0 Å². The zero-order valence-electron chi connectivity index (χ0n) is 12.0. The lowest BCUT2D eigenvalue weighted by Gasteiger charge is -2.23. The van der Waals surface area contributed by atoms with Crippen LogP contribution in [0.3, 0.4) is 0 Å². The van der Waals surface area contributed by atoms with Gasteiger partial charge in [-0.3, -0.25) is 4.79 Å². The van der Waals surface area contributed by atoms with E-state index in [-0.39, 0.29) is 5.91 Å². The molecular weight excluding hydrogens is 246 g/mol. The summed E-state index contributed by atoms with van der Waals surface area (Å²) in [5, 5.41) is 0. The molecule has 0 radical (unpaired) electrons. The van der Waals surface area contributed by atoms with Gasteiger partial charge < -0.3 is 4.90 Å². The van der Waals surface area contributed by atoms with Crippen molar-refractivity contribution in [3.63, 3.8) is 0 Å². The maximum Gasteiger partial charge on any atom is 0.237 e. The van der Waals surface area contributed by atoms with Gasteiger partial charge in [0.2, 0.25) is 5.91 Å². The molecule has 1 heterocycles. The third-order valence-corrected chi connectivity index (χ3v) is 4.39. The number of likely N-dealkylation sites (N-methyl/N-ethyl adjacent to an activating group) is 1. The highest BCUT2D eigenvalue weighted by atomic mass is 16.2. The Balaban J connectivity index is 1.90. The van der Waals surface area contributed by atoms with E-state index < -0.39 is 5.41 Å². The topological polar surface area (TPSA) is 20.3 Å². The van der Waals surface area contributed by atoms with Crippen LogP contribution in [0.4, 0.5) is 5.69 Å². The second-order valence-corrected chi connectivity index (χ2v) is 5.70. The normalized spacial score (nSPS) is 21.1. The van der Waals surface area contributed by atoms with Crippen LogP contribution in [0.15, 0.2) is 54.6 Å². The second-order valence-electron chi connectivity index (χ2n) is 5.70. The van der Waals surface area contributed by atoms with Gasteiger partial charge in [-0.15, -0.1) is 0 Å². The molecule has 1 amide bonds. The first kappa shape index (κ1) is 12.9. The lowest BCUT2D eigenvalue weighted by Crippen LogP contribution is -2.36. The molecular formula is C18H19NO. The number of carbonyl (C=O) groups is 1. The molecule has 102 valence electrons. The quantitative estimate of drug-likeness (QED) is 0.831. The molecule has 1 aliphatic heterocycles. The Morgan fingerprint density at radius 1 is 1.00 bits per heavy atom. The van der Waals surface area contributed by atoms with Crippen LogP contribution in [0.5, 0.6) is 0 Å². The van der Waals surface area contributed by atoms with Gasteiger partial charge in [-0.05, 0) is 37.0 Å². The number of para-hydroxylation sites is 1. The average Bonchev–Trinajstić information content (AvgIpc) is 2.69. The van der Waals surface area contributed by atoms with Crippen molar-refractivity contribution in [1.82, 2.24) is 0 Å². The Bertz CT molecular complexity index is 635. The molecule has 1 aliphatic rings. The van der Waals surface area contributed by atoms with Gasteiger partial charge in [-0.2, -0.15) is 0 Å². The molecule has 1 atom stereocenters. The molecule has 2 nitrogen and oxygen atoms in total. The number of aryl methyl sites for hydroxylation is 1. The number of amides is 1. The van der Waals surface area contributed by atoms with E-state index in [2.05, 4.69) is 25.1 Å². The molecule has 3 rings (SSSR count). The molecule has 0 saturated carbocycles. The van der Waals surface area contributed by atoms with Crippen LogP contribution in [0.25, 0.3) is 0 Å². The van der Waals surface area contributed by atoms with Crippen LogP contribution in [0.2, 0.25) is 0 Å². The fraction of sp³-hybridized carbons (Fsp3) is 0.278. The second kappa shape index (κ2) is 4.78. The minimum Gasteiger partial charge on any atom is -0.314 e. The minimum atomic E-state index is -0.402. The van der Waals surface area contributed by atoms with Crippen molar-refractivity contribution in [2.75, 3.05) is 11.9 Å². The summed E-state index contributed by atoms with van der Waals surface area (Å²) < 4.78 is 0. The number of hydrogen-bond acceptors (Lipinski definition) is 1. The Morgan fingerprint density at radius 2 is 1.65 bits per heavy atom. The number of fused-ring (bicyclic) bond motifs is 1. The predicted octanol–water partition coefficient (Wildman–Crippen LogP) is 3.55.